The highest BCUT2D eigenvalue weighted by molar-refractivity contribution is 6.03. The summed E-state index contributed by atoms with van der Waals surface area (Å²) in [5.41, 5.74) is 9.54. The Morgan fingerprint density at radius 2 is 1.88 bits per heavy atom. The van der Waals surface area contributed by atoms with E-state index in [1.54, 1.807) is 24.3 Å². The van der Waals surface area contributed by atoms with Crippen molar-refractivity contribution in [2.75, 3.05) is 27.2 Å². The minimum absolute atomic E-state index is 0.0120. The third-order valence-corrected chi connectivity index (χ3v) is 4.39. The van der Waals surface area contributed by atoms with Gasteiger partial charge in [0.2, 0.25) is 11.8 Å². The topological polar surface area (TPSA) is 178 Å². The van der Waals surface area contributed by atoms with Gasteiger partial charge in [-0.05, 0) is 6.08 Å². The summed E-state index contributed by atoms with van der Waals surface area (Å²) in [6, 6.07) is 6.47. The fourth-order valence-electron chi connectivity index (χ4n) is 2.79. The molecule has 170 valence electrons. The summed E-state index contributed by atoms with van der Waals surface area (Å²) in [5.74, 6) is -3.11. The number of carbonyl (C=O) groups excluding carboxylic acids is 4. The van der Waals surface area contributed by atoms with Crippen molar-refractivity contribution in [3.05, 3.63) is 58.4 Å². The van der Waals surface area contributed by atoms with Gasteiger partial charge in [-0.2, -0.15) is 0 Å². The summed E-state index contributed by atoms with van der Waals surface area (Å²) in [7, 11) is 2.38. The maximum Gasteiger partial charge on any atom is 0.325 e. The Morgan fingerprint density at radius 1 is 1.25 bits per heavy atom. The van der Waals surface area contributed by atoms with E-state index in [0.29, 0.717) is 21.7 Å². The number of hydroxylamine groups is 2. The van der Waals surface area contributed by atoms with Gasteiger partial charge < -0.3 is 21.0 Å². The van der Waals surface area contributed by atoms with E-state index in [1.165, 1.54) is 13.1 Å². The number of esters is 1. The van der Waals surface area contributed by atoms with Gasteiger partial charge in [-0.3, -0.25) is 29.5 Å². The molecule has 0 bridgehead atoms. The van der Waals surface area contributed by atoms with Crippen molar-refractivity contribution < 1.29 is 28.7 Å². The van der Waals surface area contributed by atoms with Gasteiger partial charge >= 0.3 is 5.97 Å². The zero-order valence-corrected chi connectivity index (χ0v) is 17.8. The summed E-state index contributed by atoms with van der Waals surface area (Å²) in [4.78, 5) is 48.5. The normalized spacial score (nSPS) is 17.2. The Morgan fingerprint density at radius 3 is 2.41 bits per heavy atom. The molecule has 1 aliphatic heterocycles. The van der Waals surface area contributed by atoms with Gasteiger partial charge in [-0.25, -0.2) is 10.2 Å². The van der Waals surface area contributed by atoms with Gasteiger partial charge in [-0.15, -0.1) is 0 Å². The molecule has 1 aliphatic rings. The number of quaternary nitrogens is 1. The number of amidine groups is 1. The Bertz CT molecular complexity index is 1010. The molecular formula is C20H24N6O6. The molecule has 0 radical (unpaired) electrons. The third kappa shape index (κ3) is 6.23. The number of carbonyl (C=O) groups is 4. The van der Waals surface area contributed by atoms with E-state index in [-0.39, 0.29) is 11.4 Å². The summed E-state index contributed by atoms with van der Waals surface area (Å²) in [6.07, 6.45) is 2.53. The number of amides is 3. The lowest BCUT2D eigenvalue weighted by molar-refractivity contribution is -0.847. The lowest BCUT2D eigenvalue weighted by atomic mass is 10.1. The second-order valence-corrected chi connectivity index (χ2v) is 6.99. The number of benzene rings is 1. The van der Waals surface area contributed by atoms with Crippen molar-refractivity contribution in [1.29, 1.82) is 5.41 Å². The summed E-state index contributed by atoms with van der Waals surface area (Å²) in [6.45, 7) is -0.0487. The van der Waals surface area contributed by atoms with E-state index in [0.717, 1.165) is 20.2 Å². The Hall–Kier alpha value is -4.03. The van der Waals surface area contributed by atoms with Crippen LogP contribution in [0.15, 0.2) is 42.1 Å². The number of hydrogen-bond acceptors (Lipinski definition) is 8. The minimum Gasteiger partial charge on any atom is -0.602 e. The van der Waals surface area contributed by atoms with Crippen molar-refractivity contribution in [3.63, 3.8) is 0 Å². The van der Waals surface area contributed by atoms with Crippen LogP contribution < -0.4 is 16.5 Å². The predicted octanol–water partition coefficient (Wildman–Crippen LogP) is -0.678. The highest BCUT2D eigenvalue weighted by Crippen LogP contribution is 2.22. The number of imide groups is 1. The van der Waals surface area contributed by atoms with Crippen LogP contribution in [0.3, 0.4) is 0 Å². The second kappa shape index (κ2) is 9.85. The molecule has 2 rings (SSSR count). The molecule has 0 saturated heterocycles. The number of nitrogen functional groups attached to an aromatic ring is 1. The molecule has 0 saturated carbocycles. The highest BCUT2D eigenvalue weighted by atomic mass is 16.6. The molecule has 0 aliphatic carbocycles. The molecule has 0 fully saturated rings. The number of methoxy groups -OCH3 is 1. The number of hydrogen-bond donors (Lipinski definition) is 4. The molecule has 1 aromatic carbocycles. The Labute approximate surface area is 183 Å². The van der Waals surface area contributed by atoms with Gasteiger partial charge in [-0.1, -0.05) is 24.3 Å². The first-order valence-electron chi connectivity index (χ1n) is 9.34. The lowest BCUT2D eigenvalue weighted by Crippen LogP contribution is -2.48. The van der Waals surface area contributed by atoms with Crippen LogP contribution in [-0.2, 0) is 23.9 Å². The van der Waals surface area contributed by atoms with Crippen molar-refractivity contribution >= 4 is 35.2 Å². The van der Waals surface area contributed by atoms with Gasteiger partial charge in [0.1, 0.15) is 18.6 Å². The lowest BCUT2D eigenvalue weighted by Gasteiger charge is -2.38. The van der Waals surface area contributed by atoms with Crippen LogP contribution in [0, 0.1) is 10.6 Å². The van der Waals surface area contributed by atoms with Crippen molar-refractivity contribution in [3.8, 4) is 0 Å². The minimum atomic E-state index is -1.10. The first-order valence-corrected chi connectivity index (χ1v) is 9.34. The van der Waals surface area contributed by atoms with E-state index in [1.807, 2.05) is 0 Å². The molecule has 3 amide bonds. The fraction of sp³-hybridized carbons (Fsp3) is 0.250. The Balaban J connectivity index is 2.16. The molecule has 12 heteroatoms. The van der Waals surface area contributed by atoms with Gasteiger partial charge in [0, 0.05) is 18.1 Å². The number of nitrogens with one attached hydrogen (secondary N) is 3. The van der Waals surface area contributed by atoms with E-state index < -0.39 is 41.5 Å². The van der Waals surface area contributed by atoms with Crippen molar-refractivity contribution in [2.24, 2.45) is 5.73 Å². The van der Waals surface area contributed by atoms with E-state index in [9.17, 15) is 24.4 Å². The first-order chi connectivity index (χ1) is 14.9. The molecule has 0 aromatic heterocycles. The smallest absolute Gasteiger partial charge is 0.325 e. The van der Waals surface area contributed by atoms with E-state index >= 15 is 0 Å². The molecule has 1 aromatic rings. The fourth-order valence-corrected chi connectivity index (χ4v) is 2.79. The number of nitrogens with two attached hydrogens (primary N) is 1. The van der Waals surface area contributed by atoms with Crippen LogP contribution in [0.1, 0.15) is 18.1 Å². The van der Waals surface area contributed by atoms with Crippen molar-refractivity contribution in [2.45, 2.75) is 6.92 Å². The molecule has 0 spiro atoms. The zero-order valence-electron chi connectivity index (χ0n) is 17.8. The molecule has 5 N–H and O–H groups in total. The second-order valence-electron chi connectivity index (χ2n) is 6.99. The van der Waals surface area contributed by atoms with Crippen LogP contribution in [0.2, 0.25) is 0 Å². The average molecular weight is 444 g/mol. The standard InChI is InChI=1S/C20H24N6O6/c1-12(27)25(10-18(29)32-3)17(28)9-23-20(30)15-8-16(24-26(2,31)11-15)13-4-6-14(7-5-13)19(21)22/h4-8,11,24H,9-10H2,1-3H3,(H3,21,22)(H,23,30). The van der Waals surface area contributed by atoms with Crippen LogP contribution in [-0.4, -0.2) is 66.4 Å². The highest BCUT2D eigenvalue weighted by Gasteiger charge is 2.25. The third-order valence-electron chi connectivity index (χ3n) is 4.39. The van der Waals surface area contributed by atoms with Gasteiger partial charge in [0.25, 0.3) is 5.91 Å². The number of nitrogens with zero attached hydrogens (tertiary/aromatic N) is 2. The quantitative estimate of drug-likeness (QED) is 0.140. The molecule has 1 atom stereocenters. The van der Waals surface area contributed by atoms with Crippen molar-refractivity contribution in [1.82, 2.24) is 15.6 Å². The zero-order chi connectivity index (χ0) is 24.1. The van der Waals surface area contributed by atoms with Crippen LogP contribution in [0.25, 0.3) is 5.70 Å². The summed E-state index contributed by atoms with van der Waals surface area (Å²) in [5, 5.41) is 22.4. The van der Waals surface area contributed by atoms with Crippen LogP contribution >= 0.6 is 0 Å². The molecule has 12 nitrogen and oxygen atoms in total. The number of ether oxygens (including phenoxy) is 1. The van der Waals surface area contributed by atoms with E-state index in [2.05, 4.69) is 15.5 Å². The Kier molecular flexibility index (Phi) is 7.46. The molecule has 32 heavy (non-hydrogen) atoms. The molecular weight excluding hydrogens is 420 g/mol. The van der Waals surface area contributed by atoms with E-state index in [4.69, 9.17) is 11.1 Å². The molecule has 1 unspecified atom stereocenters. The first kappa shape index (κ1) is 24.2. The van der Waals surface area contributed by atoms with Crippen LogP contribution in [0.4, 0.5) is 0 Å². The predicted molar refractivity (Wildman–Crippen MR) is 114 cm³/mol. The monoisotopic (exact) mass is 444 g/mol. The average Bonchev–Trinajstić information content (AvgIpc) is 2.73. The molecule has 1 heterocycles. The summed E-state index contributed by atoms with van der Waals surface area (Å²) < 4.78 is 3.35. The maximum atomic E-state index is 12.6. The van der Waals surface area contributed by atoms with Gasteiger partial charge in [0.05, 0.1) is 32.0 Å². The van der Waals surface area contributed by atoms with Gasteiger partial charge in [0.15, 0.2) is 0 Å². The largest absolute Gasteiger partial charge is 0.602 e. The maximum absolute atomic E-state index is 12.6. The van der Waals surface area contributed by atoms with Crippen LogP contribution in [0.5, 0.6) is 0 Å². The number of rotatable bonds is 7. The summed E-state index contributed by atoms with van der Waals surface area (Å²) >= 11 is 0. The SMILES string of the molecule is COC(=O)CN(C(C)=O)C(=O)CNC(=O)C1=C[N+](C)([O-])NC(c2ccc(C(=N)N)cc2)=C1.